The number of nitrogens with two attached hydrogens (primary N) is 1. The Bertz CT molecular complexity index is 999. The number of aliphatic hydroxyl groups excluding tert-OH is 1. The van der Waals surface area contributed by atoms with E-state index in [0.717, 1.165) is 38.5 Å². The van der Waals surface area contributed by atoms with E-state index in [1.54, 1.807) is 0 Å². The van der Waals surface area contributed by atoms with Crippen molar-refractivity contribution in [3.8, 4) is 0 Å². The van der Waals surface area contributed by atoms with E-state index in [2.05, 4.69) is 31.3 Å². The van der Waals surface area contributed by atoms with Crippen LogP contribution < -0.4 is 11.1 Å². The van der Waals surface area contributed by atoms with Gasteiger partial charge in [-0.15, -0.1) is 0 Å². The Morgan fingerprint density at radius 3 is 1.17 bits per heavy atom. The van der Waals surface area contributed by atoms with E-state index in [1.807, 2.05) is 0 Å². The second-order valence-electron chi connectivity index (χ2n) is 19.2. The number of nitrogens with one attached hydrogen (secondary N) is 1. The Kier molecular flexibility index (Phi) is 50.0. The first-order valence-corrected chi connectivity index (χ1v) is 29.3. The number of hydrogen-bond donors (Lipinski definition) is 4. The quantitative estimate of drug-likeness (QED) is 0.0271. The molecule has 0 heterocycles. The van der Waals surface area contributed by atoms with Gasteiger partial charge in [-0.2, -0.15) is 0 Å². The summed E-state index contributed by atoms with van der Waals surface area (Å²) in [4.78, 5) is 22.9. The standard InChI is InChI=1S/C54H109N2O6P/c1-3-5-7-9-11-13-15-17-19-21-23-25-26-28-30-32-34-36-38-40-42-44-46-48-54(58)56-52(51-62-63(59,60)61-50-49-55)53(57)47-45-43-41-39-37-35-33-31-29-27-24-22-20-18-16-14-12-10-8-6-4-2/h21,23,52-53,57H,3-20,22,24-51,55H2,1-2H3,(H,56,58)(H,59,60)/b23-21-. The summed E-state index contributed by atoms with van der Waals surface area (Å²) in [5.74, 6) is -0.156. The Morgan fingerprint density at radius 1 is 0.508 bits per heavy atom. The molecule has 0 bridgehead atoms. The van der Waals surface area contributed by atoms with Gasteiger partial charge in [-0.25, -0.2) is 4.57 Å². The maximum absolute atomic E-state index is 12.9. The monoisotopic (exact) mass is 913 g/mol. The number of phosphoric acid groups is 1. The summed E-state index contributed by atoms with van der Waals surface area (Å²) in [6.45, 7) is 4.26. The lowest BCUT2D eigenvalue weighted by Gasteiger charge is -2.25. The first kappa shape index (κ1) is 62.2. The summed E-state index contributed by atoms with van der Waals surface area (Å²) < 4.78 is 22.3. The Labute approximate surface area is 392 Å². The van der Waals surface area contributed by atoms with Gasteiger partial charge in [0.2, 0.25) is 5.91 Å². The highest BCUT2D eigenvalue weighted by atomic mass is 31.2. The van der Waals surface area contributed by atoms with Crippen molar-refractivity contribution < 1.29 is 28.4 Å². The number of rotatable bonds is 53. The normalized spacial score (nSPS) is 13.8. The lowest BCUT2D eigenvalue weighted by atomic mass is 10.0. The van der Waals surface area contributed by atoms with Crippen LogP contribution in [0.3, 0.4) is 0 Å². The van der Waals surface area contributed by atoms with Gasteiger partial charge >= 0.3 is 7.82 Å². The average Bonchev–Trinajstić information content (AvgIpc) is 3.27. The number of phosphoric ester groups is 1. The number of hydrogen-bond acceptors (Lipinski definition) is 6. The van der Waals surface area contributed by atoms with Crippen molar-refractivity contribution in [1.82, 2.24) is 5.32 Å². The van der Waals surface area contributed by atoms with Crippen LogP contribution in [0.2, 0.25) is 0 Å². The lowest BCUT2D eigenvalue weighted by Crippen LogP contribution is -2.46. The van der Waals surface area contributed by atoms with E-state index in [9.17, 15) is 19.4 Å². The summed E-state index contributed by atoms with van der Waals surface area (Å²) in [6, 6.07) is -0.773. The molecule has 0 fully saturated rings. The summed E-state index contributed by atoms with van der Waals surface area (Å²) in [5, 5.41) is 13.9. The molecule has 9 heteroatoms. The minimum absolute atomic E-state index is 0.0912. The molecule has 1 amide bonds. The van der Waals surface area contributed by atoms with Crippen molar-refractivity contribution in [1.29, 1.82) is 0 Å². The van der Waals surface area contributed by atoms with Crippen LogP contribution in [0.25, 0.3) is 0 Å². The maximum Gasteiger partial charge on any atom is 0.472 e. The van der Waals surface area contributed by atoms with Crippen molar-refractivity contribution in [2.24, 2.45) is 5.73 Å². The number of allylic oxidation sites excluding steroid dienone is 2. The van der Waals surface area contributed by atoms with Crippen molar-refractivity contribution in [2.75, 3.05) is 19.8 Å². The molecular formula is C54H109N2O6P. The van der Waals surface area contributed by atoms with E-state index >= 15 is 0 Å². The van der Waals surface area contributed by atoms with Crippen LogP contribution in [0.1, 0.15) is 296 Å². The fourth-order valence-electron chi connectivity index (χ4n) is 8.66. The first-order valence-electron chi connectivity index (χ1n) is 27.8. The zero-order valence-corrected chi connectivity index (χ0v) is 43.0. The molecule has 376 valence electrons. The highest BCUT2D eigenvalue weighted by Gasteiger charge is 2.27. The second-order valence-corrected chi connectivity index (χ2v) is 20.6. The topological polar surface area (TPSA) is 131 Å². The SMILES string of the molecule is CCCCCCCCCC/C=C\CCCCCCCCCCCCCC(=O)NC(COP(=O)(O)OCCN)C(O)CCCCCCCCCCCCCCCCCCCCCCC. The van der Waals surface area contributed by atoms with Gasteiger partial charge in [-0.1, -0.05) is 264 Å². The van der Waals surface area contributed by atoms with Gasteiger partial charge in [0, 0.05) is 13.0 Å². The minimum Gasteiger partial charge on any atom is -0.391 e. The Balaban J connectivity index is 3.97. The third kappa shape index (κ3) is 49.0. The van der Waals surface area contributed by atoms with Gasteiger partial charge in [-0.05, 0) is 38.5 Å². The number of carbonyl (C=O) groups excluding carboxylic acids is 1. The highest BCUT2D eigenvalue weighted by molar-refractivity contribution is 7.47. The second kappa shape index (κ2) is 50.6. The smallest absolute Gasteiger partial charge is 0.391 e. The molecule has 3 unspecified atom stereocenters. The fraction of sp³-hybridized carbons (Fsp3) is 0.944. The molecule has 0 radical (unpaired) electrons. The number of carbonyl (C=O) groups is 1. The summed E-state index contributed by atoms with van der Waals surface area (Å²) in [7, 11) is -4.32. The van der Waals surface area contributed by atoms with Crippen LogP contribution in [0, 0.1) is 0 Å². The van der Waals surface area contributed by atoms with Crippen molar-refractivity contribution in [2.45, 2.75) is 309 Å². The lowest BCUT2D eigenvalue weighted by molar-refractivity contribution is -0.123. The maximum atomic E-state index is 12.9. The van der Waals surface area contributed by atoms with E-state index in [-0.39, 0.29) is 25.7 Å². The van der Waals surface area contributed by atoms with Crippen molar-refractivity contribution in [3.05, 3.63) is 12.2 Å². The number of amides is 1. The molecule has 8 nitrogen and oxygen atoms in total. The molecule has 0 aliphatic heterocycles. The minimum atomic E-state index is -4.32. The molecule has 0 rings (SSSR count). The van der Waals surface area contributed by atoms with Gasteiger partial charge < -0.3 is 21.1 Å². The largest absolute Gasteiger partial charge is 0.472 e. The van der Waals surface area contributed by atoms with Gasteiger partial charge in [0.1, 0.15) is 0 Å². The molecule has 0 spiro atoms. The zero-order chi connectivity index (χ0) is 46.0. The summed E-state index contributed by atoms with van der Waals surface area (Å²) in [6.07, 6.45) is 59.6. The fourth-order valence-corrected chi connectivity index (χ4v) is 9.42. The molecule has 0 aliphatic carbocycles. The Morgan fingerprint density at radius 2 is 0.825 bits per heavy atom. The van der Waals surface area contributed by atoms with Gasteiger partial charge in [0.05, 0.1) is 25.4 Å². The van der Waals surface area contributed by atoms with E-state index in [1.165, 1.54) is 231 Å². The van der Waals surface area contributed by atoms with Crippen LogP contribution in [-0.4, -0.2) is 47.8 Å². The van der Waals surface area contributed by atoms with Crippen LogP contribution in [0.15, 0.2) is 12.2 Å². The van der Waals surface area contributed by atoms with Crippen LogP contribution in [-0.2, 0) is 18.4 Å². The van der Waals surface area contributed by atoms with E-state index < -0.39 is 20.0 Å². The predicted octanol–water partition coefficient (Wildman–Crippen LogP) is 16.7. The average molecular weight is 913 g/mol. The molecular weight excluding hydrogens is 804 g/mol. The van der Waals surface area contributed by atoms with Gasteiger partial charge in [-0.3, -0.25) is 13.8 Å². The first-order chi connectivity index (χ1) is 30.9. The summed E-state index contributed by atoms with van der Waals surface area (Å²) in [5.41, 5.74) is 5.41. The van der Waals surface area contributed by atoms with E-state index in [4.69, 9.17) is 14.8 Å². The van der Waals surface area contributed by atoms with Crippen LogP contribution in [0.5, 0.6) is 0 Å². The number of aliphatic hydroxyl groups is 1. The third-order valence-electron chi connectivity index (χ3n) is 12.9. The third-order valence-corrected chi connectivity index (χ3v) is 13.9. The van der Waals surface area contributed by atoms with E-state index in [0.29, 0.717) is 12.8 Å². The molecule has 0 aromatic heterocycles. The van der Waals surface area contributed by atoms with Crippen LogP contribution in [0.4, 0.5) is 0 Å². The van der Waals surface area contributed by atoms with Gasteiger partial charge in [0.15, 0.2) is 0 Å². The molecule has 0 saturated carbocycles. The van der Waals surface area contributed by atoms with Crippen LogP contribution >= 0.6 is 7.82 Å². The number of unbranched alkanes of at least 4 members (excludes halogenated alkanes) is 39. The Hall–Kier alpha value is -0.760. The molecule has 5 N–H and O–H groups in total. The van der Waals surface area contributed by atoms with Gasteiger partial charge in [0.25, 0.3) is 0 Å². The molecule has 63 heavy (non-hydrogen) atoms. The van der Waals surface area contributed by atoms with Crippen molar-refractivity contribution >= 4 is 13.7 Å². The molecule has 0 saturated heterocycles. The molecule has 3 atom stereocenters. The zero-order valence-electron chi connectivity index (χ0n) is 42.1. The molecule has 0 aromatic rings. The van der Waals surface area contributed by atoms with Crippen molar-refractivity contribution in [3.63, 3.8) is 0 Å². The highest BCUT2D eigenvalue weighted by Crippen LogP contribution is 2.43. The predicted molar refractivity (Wildman–Crippen MR) is 272 cm³/mol. The molecule has 0 aromatic carbocycles. The summed E-state index contributed by atoms with van der Waals surface area (Å²) >= 11 is 0. The molecule has 0 aliphatic rings.